The van der Waals surface area contributed by atoms with E-state index in [1.54, 1.807) is 0 Å². The second-order valence-corrected chi connectivity index (χ2v) is 4.00. The van der Waals surface area contributed by atoms with Crippen molar-refractivity contribution >= 4 is 15.9 Å². The van der Waals surface area contributed by atoms with Crippen molar-refractivity contribution in [2.75, 3.05) is 0 Å². The van der Waals surface area contributed by atoms with Crippen LogP contribution in [0.25, 0.3) is 0 Å². The van der Waals surface area contributed by atoms with Gasteiger partial charge in [0.1, 0.15) is 6.17 Å². The quantitative estimate of drug-likeness (QED) is 0.870. The fourth-order valence-corrected chi connectivity index (χ4v) is 1.28. The number of hydrogen-bond acceptors (Lipinski definition) is 1. The van der Waals surface area contributed by atoms with Gasteiger partial charge in [0.2, 0.25) is 0 Å². The molecule has 0 amide bonds. The van der Waals surface area contributed by atoms with Gasteiger partial charge in [-0.25, -0.2) is 4.39 Å². The Morgan fingerprint density at radius 3 is 2.38 bits per heavy atom. The van der Waals surface area contributed by atoms with Gasteiger partial charge >= 0.3 is 0 Å². The molecule has 0 spiro atoms. The Bertz CT molecular complexity index is 258. The van der Waals surface area contributed by atoms with E-state index >= 15 is 0 Å². The van der Waals surface area contributed by atoms with Gasteiger partial charge in [-0.3, -0.25) is 0 Å². The van der Waals surface area contributed by atoms with E-state index in [0.29, 0.717) is 0 Å². The summed E-state index contributed by atoms with van der Waals surface area (Å²) in [6, 6.07) is 7.42. The number of halogens is 2. The Morgan fingerprint density at radius 2 is 1.92 bits per heavy atom. The van der Waals surface area contributed by atoms with Gasteiger partial charge in [0.05, 0.1) is 6.10 Å². The molecule has 0 bridgehead atoms. The predicted molar refractivity (Wildman–Crippen MR) is 54.4 cm³/mol. The van der Waals surface area contributed by atoms with Gasteiger partial charge in [0.15, 0.2) is 0 Å². The fraction of sp³-hybridized carbons (Fsp3) is 0.400. The largest absolute Gasteiger partial charge is 0.390 e. The first kappa shape index (κ1) is 10.7. The van der Waals surface area contributed by atoms with Gasteiger partial charge in [0.25, 0.3) is 0 Å². The first-order valence-corrected chi connectivity index (χ1v) is 4.95. The van der Waals surface area contributed by atoms with Gasteiger partial charge < -0.3 is 5.11 Å². The third-order valence-corrected chi connectivity index (χ3v) is 2.40. The molecule has 0 fully saturated rings. The standard InChI is InChI=1S/C10H12BrFO/c1-7(13)10(12)6-8-2-4-9(11)5-3-8/h2-5,7,10,13H,6H2,1H3. The molecule has 1 rings (SSSR count). The van der Waals surface area contributed by atoms with Crippen LogP contribution in [0.1, 0.15) is 12.5 Å². The van der Waals surface area contributed by atoms with Crippen LogP contribution in [0, 0.1) is 0 Å². The molecule has 1 aromatic carbocycles. The molecule has 72 valence electrons. The van der Waals surface area contributed by atoms with Crippen molar-refractivity contribution in [2.24, 2.45) is 0 Å². The molecule has 1 aromatic rings. The molecular weight excluding hydrogens is 235 g/mol. The molecule has 3 heteroatoms. The molecule has 2 unspecified atom stereocenters. The zero-order chi connectivity index (χ0) is 9.84. The Hall–Kier alpha value is -0.410. The molecule has 0 aliphatic carbocycles. The van der Waals surface area contributed by atoms with Gasteiger partial charge in [-0.1, -0.05) is 28.1 Å². The molecule has 13 heavy (non-hydrogen) atoms. The minimum atomic E-state index is -1.18. The average molecular weight is 247 g/mol. The lowest BCUT2D eigenvalue weighted by molar-refractivity contribution is 0.0932. The molecule has 0 radical (unpaired) electrons. The van der Waals surface area contributed by atoms with Crippen molar-refractivity contribution in [1.82, 2.24) is 0 Å². The molecule has 1 N–H and O–H groups in total. The summed E-state index contributed by atoms with van der Waals surface area (Å²) < 4.78 is 14.0. The monoisotopic (exact) mass is 246 g/mol. The zero-order valence-electron chi connectivity index (χ0n) is 7.37. The van der Waals surface area contributed by atoms with Crippen molar-refractivity contribution in [3.8, 4) is 0 Å². The van der Waals surface area contributed by atoms with E-state index in [1.807, 2.05) is 24.3 Å². The van der Waals surface area contributed by atoms with Crippen LogP contribution in [0.2, 0.25) is 0 Å². The summed E-state index contributed by atoms with van der Waals surface area (Å²) >= 11 is 3.30. The summed E-state index contributed by atoms with van der Waals surface area (Å²) in [5.74, 6) is 0. The number of benzene rings is 1. The smallest absolute Gasteiger partial charge is 0.130 e. The number of hydrogen-bond donors (Lipinski definition) is 1. The zero-order valence-corrected chi connectivity index (χ0v) is 8.96. The predicted octanol–water partition coefficient (Wildman–Crippen LogP) is 2.71. The summed E-state index contributed by atoms with van der Waals surface area (Å²) in [7, 11) is 0. The lowest BCUT2D eigenvalue weighted by Gasteiger charge is -2.10. The van der Waals surface area contributed by atoms with Crippen molar-refractivity contribution in [3.05, 3.63) is 34.3 Å². The number of aliphatic hydroxyl groups excluding tert-OH is 1. The highest BCUT2D eigenvalue weighted by Gasteiger charge is 2.13. The van der Waals surface area contributed by atoms with Crippen LogP contribution in [0.15, 0.2) is 28.7 Å². The van der Waals surface area contributed by atoms with Crippen LogP contribution in [-0.4, -0.2) is 17.4 Å². The normalized spacial score (nSPS) is 15.4. The van der Waals surface area contributed by atoms with Crippen molar-refractivity contribution in [1.29, 1.82) is 0 Å². The molecule has 0 aliphatic heterocycles. The van der Waals surface area contributed by atoms with Gasteiger partial charge in [-0.05, 0) is 24.6 Å². The molecule has 0 heterocycles. The Morgan fingerprint density at radius 1 is 1.38 bits per heavy atom. The highest BCUT2D eigenvalue weighted by molar-refractivity contribution is 9.10. The van der Waals surface area contributed by atoms with Crippen molar-refractivity contribution < 1.29 is 9.50 Å². The van der Waals surface area contributed by atoms with Crippen LogP contribution in [0.4, 0.5) is 4.39 Å². The Labute approximate surface area is 85.7 Å². The van der Waals surface area contributed by atoms with E-state index in [-0.39, 0.29) is 6.42 Å². The molecule has 0 saturated carbocycles. The molecule has 1 nitrogen and oxygen atoms in total. The van der Waals surface area contributed by atoms with E-state index in [1.165, 1.54) is 6.92 Å². The van der Waals surface area contributed by atoms with Crippen molar-refractivity contribution in [2.45, 2.75) is 25.6 Å². The van der Waals surface area contributed by atoms with E-state index in [0.717, 1.165) is 10.0 Å². The molecule has 0 aliphatic rings. The SMILES string of the molecule is CC(O)C(F)Cc1ccc(Br)cc1. The van der Waals surface area contributed by atoms with E-state index < -0.39 is 12.3 Å². The second-order valence-electron chi connectivity index (χ2n) is 3.09. The number of alkyl halides is 1. The third kappa shape index (κ3) is 3.44. The van der Waals surface area contributed by atoms with Crippen LogP contribution < -0.4 is 0 Å². The van der Waals surface area contributed by atoms with Crippen LogP contribution in [0.5, 0.6) is 0 Å². The number of rotatable bonds is 3. The van der Waals surface area contributed by atoms with Gasteiger partial charge in [-0.15, -0.1) is 0 Å². The first-order chi connectivity index (χ1) is 6.09. The molecule has 0 aromatic heterocycles. The lowest BCUT2D eigenvalue weighted by Crippen LogP contribution is -2.20. The topological polar surface area (TPSA) is 20.2 Å². The van der Waals surface area contributed by atoms with Gasteiger partial charge in [0, 0.05) is 10.9 Å². The summed E-state index contributed by atoms with van der Waals surface area (Å²) in [4.78, 5) is 0. The highest BCUT2D eigenvalue weighted by Crippen LogP contribution is 2.14. The average Bonchev–Trinajstić information content (AvgIpc) is 2.08. The maximum Gasteiger partial charge on any atom is 0.130 e. The Balaban J connectivity index is 2.59. The van der Waals surface area contributed by atoms with Gasteiger partial charge in [-0.2, -0.15) is 0 Å². The molecular formula is C10H12BrFO. The molecule has 0 saturated heterocycles. The fourth-order valence-electron chi connectivity index (χ4n) is 1.02. The summed E-state index contributed by atoms with van der Waals surface area (Å²) in [6.45, 7) is 1.46. The summed E-state index contributed by atoms with van der Waals surface area (Å²) in [6.07, 6.45) is -1.81. The third-order valence-electron chi connectivity index (χ3n) is 1.87. The molecule has 2 atom stereocenters. The maximum atomic E-state index is 13.1. The minimum absolute atomic E-state index is 0.269. The lowest BCUT2D eigenvalue weighted by atomic mass is 10.1. The summed E-state index contributed by atoms with van der Waals surface area (Å²) in [5.41, 5.74) is 0.900. The van der Waals surface area contributed by atoms with Crippen LogP contribution in [0.3, 0.4) is 0 Å². The highest BCUT2D eigenvalue weighted by atomic mass is 79.9. The van der Waals surface area contributed by atoms with E-state index in [4.69, 9.17) is 5.11 Å². The minimum Gasteiger partial charge on any atom is -0.390 e. The van der Waals surface area contributed by atoms with Crippen LogP contribution >= 0.6 is 15.9 Å². The summed E-state index contributed by atoms with van der Waals surface area (Å²) in [5, 5.41) is 8.95. The number of aliphatic hydroxyl groups is 1. The van der Waals surface area contributed by atoms with E-state index in [2.05, 4.69) is 15.9 Å². The second kappa shape index (κ2) is 4.72. The maximum absolute atomic E-state index is 13.1. The van der Waals surface area contributed by atoms with Crippen LogP contribution in [-0.2, 0) is 6.42 Å². The first-order valence-electron chi connectivity index (χ1n) is 4.16. The Kier molecular flexibility index (Phi) is 3.88. The van der Waals surface area contributed by atoms with E-state index in [9.17, 15) is 4.39 Å². The van der Waals surface area contributed by atoms with Crippen molar-refractivity contribution in [3.63, 3.8) is 0 Å².